The molecule has 0 saturated carbocycles. The number of halogens is 2. The molecule has 0 unspecified atom stereocenters. The van der Waals surface area contributed by atoms with E-state index < -0.39 is 0 Å². The first-order valence-corrected chi connectivity index (χ1v) is 6.26. The van der Waals surface area contributed by atoms with Crippen molar-refractivity contribution >= 4 is 22.6 Å². The SMILES string of the molecule is Fc1ccccc1[C@@H]1CO[C@H](CI)C1. The molecule has 76 valence electrons. The van der Waals surface area contributed by atoms with Gasteiger partial charge in [-0.3, -0.25) is 0 Å². The van der Waals surface area contributed by atoms with Crippen LogP contribution in [0.5, 0.6) is 0 Å². The molecule has 0 aliphatic carbocycles. The van der Waals surface area contributed by atoms with Gasteiger partial charge >= 0.3 is 0 Å². The van der Waals surface area contributed by atoms with Crippen LogP contribution in [0.4, 0.5) is 4.39 Å². The smallest absolute Gasteiger partial charge is 0.126 e. The third kappa shape index (κ3) is 2.08. The van der Waals surface area contributed by atoms with E-state index in [1.165, 1.54) is 6.07 Å². The lowest BCUT2D eigenvalue weighted by Crippen LogP contribution is -2.05. The van der Waals surface area contributed by atoms with Gasteiger partial charge in [0.2, 0.25) is 0 Å². The minimum absolute atomic E-state index is 0.102. The van der Waals surface area contributed by atoms with Crippen LogP contribution in [0.2, 0.25) is 0 Å². The Hall–Kier alpha value is -0.160. The molecule has 1 aliphatic rings. The molecule has 2 rings (SSSR count). The second-order valence-corrected chi connectivity index (χ2v) is 4.44. The van der Waals surface area contributed by atoms with Crippen molar-refractivity contribution in [3.8, 4) is 0 Å². The molecule has 1 aromatic rings. The third-order valence-electron chi connectivity index (χ3n) is 2.60. The van der Waals surface area contributed by atoms with Crippen molar-refractivity contribution in [1.29, 1.82) is 0 Å². The summed E-state index contributed by atoms with van der Waals surface area (Å²) in [6, 6.07) is 6.99. The molecule has 0 bridgehead atoms. The zero-order valence-electron chi connectivity index (χ0n) is 7.75. The molecule has 3 heteroatoms. The highest BCUT2D eigenvalue weighted by atomic mass is 127. The van der Waals surface area contributed by atoms with Gasteiger partial charge in [-0.15, -0.1) is 0 Å². The molecular formula is C11H12FIO. The summed E-state index contributed by atoms with van der Waals surface area (Å²) >= 11 is 2.31. The minimum atomic E-state index is -0.102. The highest BCUT2D eigenvalue weighted by molar-refractivity contribution is 14.1. The van der Waals surface area contributed by atoms with E-state index >= 15 is 0 Å². The summed E-state index contributed by atoms with van der Waals surface area (Å²) in [6.45, 7) is 0.661. The first-order valence-electron chi connectivity index (χ1n) is 4.73. The van der Waals surface area contributed by atoms with Crippen molar-refractivity contribution in [1.82, 2.24) is 0 Å². The Morgan fingerprint density at radius 2 is 2.21 bits per heavy atom. The van der Waals surface area contributed by atoms with Gasteiger partial charge < -0.3 is 4.74 Å². The van der Waals surface area contributed by atoms with Gasteiger partial charge in [0.05, 0.1) is 12.7 Å². The fourth-order valence-corrected chi connectivity index (χ4v) is 2.45. The molecule has 0 N–H and O–H groups in total. The van der Waals surface area contributed by atoms with Crippen LogP contribution in [0.15, 0.2) is 24.3 Å². The monoisotopic (exact) mass is 306 g/mol. The summed E-state index contributed by atoms with van der Waals surface area (Å²) in [4.78, 5) is 0. The Morgan fingerprint density at radius 3 is 2.86 bits per heavy atom. The average molecular weight is 306 g/mol. The van der Waals surface area contributed by atoms with Gasteiger partial charge in [-0.05, 0) is 18.1 Å². The van der Waals surface area contributed by atoms with E-state index in [1.807, 2.05) is 12.1 Å². The van der Waals surface area contributed by atoms with Gasteiger partial charge in [0, 0.05) is 10.3 Å². The van der Waals surface area contributed by atoms with Crippen LogP contribution in [0.1, 0.15) is 17.9 Å². The van der Waals surface area contributed by atoms with E-state index in [9.17, 15) is 4.39 Å². The molecular weight excluding hydrogens is 294 g/mol. The zero-order chi connectivity index (χ0) is 9.97. The van der Waals surface area contributed by atoms with E-state index in [4.69, 9.17) is 4.74 Å². The average Bonchev–Trinajstić information content (AvgIpc) is 2.67. The third-order valence-corrected chi connectivity index (χ3v) is 3.58. The van der Waals surface area contributed by atoms with Gasteiger partial charge in [-0.2, -0.15) is 0 Å². The van der Waals surface area contributed by atoms with Crippen molar-refractivity contribution in [2.24, 2.45) is 0 Å². The fraction of sp³-hybridized carbons (Fsp3) is 0.455. The molecule has 1 saturated heterocycles. The number of hydrogen-bond donors (Lipinski definition) is 0. The summed E-state index contributed by atoms with van der Waals surface area (Å²) in [6.07, 6.45) is 1.25. The van der Waals surface area contributed by atoms with E-state index in [0.717, 1.165) is 16.4 Å². The molecule has 1 aliphatic heterocycles. The lowest BCUT2D eigenvalue weighted by atomic mass is 9.96. The van der Waals surface area contributed by atoms with Crippen molar-refractivity contribution in [3.05, 3.63) is 35.6 Å². The van der Waals surface area contributed by atoms with E-state index in [0.29, 0.717) is 12.7 Å². The molecule has 1 aromatic carbocycles. The number of benzene rings is 1. The standard InChI is InChI=1S/C11H12FIO/c12-11-4-2-1-3-10(11)8-5-9(6-13)14-7-8/h1-4,8-9H,5-7H2/t8-,9-/m0/s1. The molecule has 0 aromatic heterocycles. The van der Waals surface area contributed by atoms with Gasteiger partial charge in [0.1, 0.15) is 5.82 Å². The largest absolute Gasteiger partial charge is 0.377 e. The van der Waals surface area contributed by atoms with Crippen molar-refractivity contribution in [3.63, 3.8) is 0 Å². The maximum atomic E-state index is 13.4. The molecule has 1 fully saturated rings. The number of hydrogen-bond acceptors (Lipinski definition) is 1. The molecule has 0 amide bonds. The van der Waals surface area contributed by atoms with Gasteiger partial charge in [-0.1, -0.05) is 40.8 Å². The van der Waals surface area contributed by atoms with Crippen molar-refractivity contribution in [2.45, 2.75) is 18.4 Å². The highest BCUT2D eigenvalue weighted by Gasteiger charge is 2.27. The maximum Gasteiger partial charge on any atom is 0.126 e. The maximum absolute atomic E-state index is 13.4. The summed E-state index contributed by atoms with van der Waals surface area (Å²) in [5.41, 5.74) is 0.805. The summed E-state index contributed by atoms with van der Waals surface area (Å²) < 4.78 is 20.0. The van der Waals surface area contributed by atoms with Gasteiger partial charge in [0.15, 0.2) is 0 Å². The van der Waals surface area contributed by atoms with Crippen LogP contribution < -0.4 is 0 Å². The van der Waals surface area contributed by atoms with Gasteiger partial charge in [-0.25, -0.2) is 4.39 Å². The Morgan fingerprint density at radius 1 is 1.43 bits per heavy atom. The lowest BCUT2D eigenvalue weighted by molar-refractivity contribution is 0.129. The second kappa shape index (κ2) is 4.57. The predicted octanol–water partition coefficient (Wildman–Crippen LogP) is 3.13. The first kappa shape index (κ1) is 10.4. The Balaban J connectivity index is 2.13. The number of alkyl halides is 1. The van der Waals surface area contributed by atoms with Gasteiger partial charge in [0.25, 0.3) is 0 Å². The summed E-state index contributed by atoms with van der Waals surface area (Å²) in [7, 11) is 0. The molecule has 0 spiro atoms. The minimum Gasteiger partial charge on any atom is -0.377 e. The van der Waals surface area contributed by atoms with Crippen LogP contribution in [-0.2, 0) is 4.74 Å². The van der Waals surface area contributed by atoms with Crippen LogP contribution in [0.25, 0.3) is 0 Å². The Bertz CT molecular complexity index is 316. The Kier molecular flexibility index (Phi) is 3.38. The topological polar surface area (TPSA) is 9.23 Å². The van der Waals surface area contributed by atoms with Crippen molar-refractivity contribution in [2.75, 3.05) is 11.0 Å². The summed E-state index contributed by atoms with van der Waals surface area (Å²) in [5, 5.41) is 0. The van der Waals surface area contributed by atoms with E-state index in [2.05, 4.69) is 22.6 Å². The molecule has 0 radical (unpaired) electrons. The lowest BCUT2D eigenvalue weighted by Gasteiger charge is -2.08. The number of rotatable bonds is 2. The van der Waals surface area contributed by atoms with Crippen LogP contribution in [0.3, 0.4) is 0 Å². The van der Waals surface area contributed by atoms with Crippen LogP contribution in [0, 0.1) is 5.82 Å². The van der Waals surface area contributed by atoms with E-state index in [1.54, 1.807) is 6.07 Å². The quantitative estimate of drug-likeness (QED) is 0.602. The second-order valence-electron chi connectivity index (χ2n) is 3.56. The Labute approximate surface area is 96.8 Å². The number of ether oxygens (including phenoxy) is 1. The molecule has 1 heterocycles. The molecule has 14 heavy (non-hydrogen) atoms. The summed E-state index contributed by atoms with van der Waals surface area (Å²) in [5.74, 6) is 0.145. The van der Waals surface area contributed by atoms with Crippen LogP contribution >= 0.6 is 22.6 Å². The van der Waals surface area contributed by atoms with E-state index in [-0.39, 0.29) is 11.7 Å². The normalized spacial score (nSPS) is 26.7. The fourth-order valence-electron chi connectivity index (χ4n) is 1.84. The van der Waals surface area contributed by atoms with Crippen LogP contribution in [-0.4, -0.2) is 17.1 Å². The van der Waals surface area contributed by atoms with Crippen molar-refractivity contribution < 1.29 is 9.13 Å². The zero-order valence-corrected chi connectivity index (χ0v) is 9.91. The first-order chi connectivity index (χ1) is 6.81. The molecule has 1 nitrogen and oxygen atoms in total. The molecule has 2 atom stereocenters. The highest BCUT2D eigenvalue weighted by Crippen LogP contribution is 2.31. The predicted molar refractivity (Wildman–Crippen MR) is 62.4 cm³/mol.